The molecule has 26 heavy (non-hydrogen) atoms. The van der Waals surface area contributed by atoms with E-state index in [-0.39, 0.29) is 21.8 Å². The Balaban J connectivity index is 2.10. The first-order valence-electron chi connectivity index (χ1n) is 8.05. The summed E-state index contributed by atoms with van der Waals surface area (Å²) in [6, 6.07) is 3.07. The van der Waals surface area contributed by atoms with Gasteiger partial charge in [0.2, 0.25) is 5.78 Å². The van der Waals surface area contributed by atoms with Gasteiger partial charge in [-0.15, -0.1) is 0 Å². The first kappa shape index (κ1) is 18.6. The molecule has 1 aliphatic rings. The van der Waals surface area contributed by atoms with Crippen molar-refractivity contribution < 1.29 is 13.7 Å². The van der Waals surface area contributed by atoms with Crippen LogP contribution in [0.3, 0.4) is 0 Å². The Morgan fingerprint density at radius 1 is 1.35 bits per heavy atom. The third-order valence-electron chi connectivity index (χ3n) is 4.20. The van der Waals surface area contributed by atoms with Crippen molar-refractivity contribution in [3.63, 3.8) is 0 Å². The summed E-state index contributed by atoms with van der Waals surface area (Å²) in [7, 11) is 1.83. The van der Waals surface area contributed by atoms with Crippen LogP contribution in [0.2, 0.25) is 5.02 Å². The monoisotopic (exact) mass is 395 g/mol. The number of H-pyrrole nitrogens is 1. The first-order chi connectivity index (χ1) is 12.4. The molecule has 1 atom stereocenters. The summed E-state index contributed by atoms with van der Waals surface area (Å²) in [5.74, 6) is 0.436. The Kier molecular flexibility index (Phi) is 5.43. The van der Waals surface area contributed by atoms with E-state index in [4.69, 9.17) is 16.3 Å². The SMILES string of the molecule is COc1ccc(C(=O)c2c[nH]n(C)c2=O)c(Cl)c1N=C1CCCCS1=O. The van der Waals surface area contributed by atoms with Gasteiger partial charge >= 0.3 is 0 Å². The first-order valence-corrected chi connectivity index (χ1v) is 9.75. The van der Waals surface area contributed by atoms with Crippen molar-refractivity contribution in [2.75, 3.05) is 12.9 Å². The second-order valence-electron chi connectivity index (χ2n) is 5.87. The van der Waals surface area contributed by atoms with Crippen LogP contribution >= 0.6 is 11.6 Å². The number of halogens is 1. The fourth-order valence-corrected chi connectivity index (χ4v) is 4.29. The average molecular weight is 396 g/mol. The van der Waals surface area contributed by atoms with Crippen LogP contribution in [0.15, 0.2) is 28.1 Å². The van der Waals surface area contributed by atoms with Gasteiger partial charge in [0.25, 0.3) is 5.56 Å². The smallest absolute Gasteiger partial charge is 0.277 e. The van der Waals surface area contributed by atoms with Crippen LogP contribution in [-0.2, 0) is 17.8 Å². The van der Waals surface area contributed by atoms with Gasteiger partial charge in [0.15, 0.2) is 0 Å². The zero-order valence-corrected chi connectivity index (χ0v) is 15.9. The number of methoxy groups -OCH3 is 1. The molecule has 1 aromatic carbocycles. The number of carbonyl (C=O) groups is 1. The van der Waals surface area contributed by atoms with E-state index in [2.05, 4.69) is 10.1 Å². The zero-order valence-electron chi connectivity index (χ0n) is 14.4. The topological polar surface area (TPSA) is 93.5 Å². The highest BCUT2D eigenvalue weighted by atomic mass is 35.5. The van der Waals surface area contributed by atoms with Gasteiger partial charge < -0.3 is 9.84 Å². The highest BCUT2D eigenvalue weighted by Crippen LogP contribution is 2.39. The molecule has 2 heterocycles. The van der Waals surface area contributed by atoms with Crippen molar-refractivity contribution in [1.82, 2.24) is 9.78 Å². The Hall–Kier alpha value is -2.19. The maximum atomic E-state index is 12.7. The molecule has 7 nitrogen and oxygen atoms in total. The van der Waals surface area contributed by atoms with Gasteiger partial charge in [-0.2, -0.15) is 0 Å². The van der Waals surface area contributed by atoms with E-state index in [1.54, 1.807) is 6.07 Å². The van der Waals surface area contributed by atoms with Crippen LogP contribution in [-0.4, -0.2) is 37.7 Å². The molecule has 0 bridgehead atoms. The molecule has 0 saturated carbocycles. The molecule has 2 aromatic rings. The number of hydrogen-bond acceptors (Lipinski definition) is 5. The third-order valence-corrected chi connectivity index (χ3v) is 6.06. The van der Waals surface area contributed by atoms with Crippen molar-refractivity contribution in [2.24, 2.45) is 12.0 Å². The van der Waals surface area contributed by atoms with Gasteiger partial charge in [0.05, 0.1) is 22.9 Å². The predicted octanol–water partition coefficient (Wildman–Crippen LogP) is 2.57. The van der Waals surface area contributed by atoms with Crippen LogP contribution in [0, 0.1) is 0 Å². The molecule has 1 N–H and O–H groups in total. The number of aromatic nitrogens is 2. The standard InChI is InChI=1S/C17H18ClN3O4S/c1-21-17(23)11(9-19-21)16(22)10-6-7-12(25-2)15(14(10)18)20-13-5-3-4-8-26(13)24/h6-7,9,19H,3-5,8H2,1-2H3. The summed E-state index contributed by atoms with van der Waals surface area (Å²) in [5.41, 5.74) is -0.0507. The molecular weight excluding hydrogens is 378 g/mol. The molecule has 1 saturated heterocycles. The van der Waals surface area contributed by atoms with Gasteiger partial charge in [0, 0.05) is 24.6 Å². The average Bonchev–Trinajstić information content (AvgIpc) is 2.97. The number of aromatic amines is 1. The molecular formula is C17H18ClN3O4S. The second kappa shape index (κ2) is 7.59. The Morgan fingerprint density at radius 3 is 2.73 bits per heavy atom. The molecule has 0 aliphatic carbocycles. The maximum Gasteiger partial charge on any atom is 0.277 e. The number of aliphatic imine (C=N–C) groups is 1. The summed E-state index contributed by atoms with van der Waals surface area (Å²) >= 11 is 6.44. The minimum Gasteiger partial charge on any atom is -0.494 e. The van der Waals surface area contributed by atoms with E-state index in [0.29, 0.717) is 23.0 Å². The highest BCUT2D eigenvalue weighted by molar-refractivity contribution is 8.00. The molecule has 1 fully saturated rings. The van der Waals surface area contributed by atoms with E-state index < -0.39 is 22.1 Å². The van der Waals surface area contributed by atoms with Gasteiger partial charge in [-0.05, 0) is 31.4 Å². The van der Waals surface area contributed by atoms with Crippen molar-refractivity contribution in [2.45, 2.75) is 19.3 Å². The van der Waals surface area contributed by atoms with Gasteiger partial charge in [0.1, 0.15) is 22.0 Å². The summed E-state index contributed by atoms with van der Waals surface area (Å²) in [4.78, 5) is 29.2. The molecule has 1 unspecified atom stereocenters. The van der Waals surface area contributed by atoms with Crippen LogP contribution in [0.5, 0.6) is 5.75 Å². The number of nitrogens with one attached hydrogen (secondary N) is 1. The number of ether oxygens (including phenoxy) is 1. The Labute approximate surface area is 157 Å². The third kappa shape index (κ3) is 3.39. The number of ketones is 1. The van der Waals surface area contributed by atoms with Crippen molar-refractivity contribution >= 4 is 38.9 Å². The molecule has 1 aliphatic heterocycles. The number of benzene rings is 1. The largest absolute Gasteiger partial charge is 0.494 e. The predicted molar refractivity (Wildman–Crippen MR) is 101 cm³/mol. The zero-order chi connectivity index (χ0) is 18.8. The molecule has 1 aromatic heterocycles. The Bertz CT molecular complexity index is 977. The number of rotatable bonds is 4. The fourth-order valence-electron chi connectivity index (χ4n) is 2.73. The van der Waals surface area contributed by atoms with Crippen LogP contribution in [0.25, 0.3) is 0 Å². The van der Waals surface area contributed by atoms with Crippen LogP contribution in [0.4, 0.5) is 5.69 Å². The van der Waals surface area contributed by atoms with Gasteiger partial charge in [-0.3, -0.25) is 18.5 Å². The lowest BCUT2D eigenvalue weighted by Gasteiger charge is -2.15. The summed E-state index contributed by atoms with van der Waals surface area (Å²) in [6.45, 7) is 0. The van der Waals surface area contributed by atoms with Crippen molar-refractivity contribution in [3.8, 4) is 5.75 Å². The number of nitrogens with zero attached hydrogens (tertiary/aromatic N) is 2. The summed E-state index contributed by atoms with van der Waals surface area (Å²) < 4.78 is 18.7. The molecule has 9 heteroatoms. The van der Waals surface area contributed by atoms with E-state index >= 15 is 0 Å². The van der Waals surface area contributed by atoms with E-state index in [9.17, 15) is 13.8 Å². The van der Waals surface area contributed by atoms with Crippen molar-refractivity contribution in [3.05, 3.63) is 44.8 Å². The van der Waals surface area contributed by atoms with Crippen LogP contribution in [0.1, 0.15) is 35.2 Å². The number of hydrogen-bond donors (Lipinski definition) is 1. The van der Waals surface area contributed by atoms with Crippen molar-refractivity contribution in [1.29, 1.82) is 0 Å². The lowest BCUT2D eigenvalue weighted by atomic mass is 10.0. The second-order valence-corrected chi connectivity index (χ2v) is 7.82. The molecule has 0 radical (unpaired) electrons. The summed E-state index contributed by atoms with van der Waals surface area (Å²) in [5, 5.41) is 3.28. The Morgan fingerprint density at radius 2 is 2.12 bits per heavy atom. The highest BCUT2D eigenvalue weighted by Gasteiger charge is 2.23. The van der Waals surface area contributed by atoms with Gasteiger partial charge in [-0.1, -0.05) is 11.6 Å². The molecule has 3 rings (SSSR count). The quantitative estimate of drug-likeness (QED) is 0.805. The molecule has 138 valence electrons. The fraction of sp³-hybridized carbons (Fsp3) is 0.353. The van der Waals surface area contributed by atoms with E-state index in [0.717, 1.165) is 12.8 Å². The lowest BCUT2D eigenvalue weighted by Crippen LogP contribution is -2.19. The lowest BCUT2D eigenvalue weighted by molar-refractivity contribution is 0.103. The maximum absolute atomic E-state index is 12.7. The number of carbonyl (C=O) groups excluding carboxylic acids is 1. The van der Waals surface area contributed by atoms with E-state index in [1.165, 1.54) is 31.1 Å². The summed E-state index contributed by atoms with van der Waals surface area (Å²) in [6.07, 6.45) is 3.75. The normalized spacial score (nSPS) is 18.9. The van der Waals surface area contributed by atoms with Gasteiger partial charge in [-0.25, -0.2) is 4.99 Å². The number of aryl methyl sites for hydroxylation is 1. The van der Waals surface area contributed by atoms with Crippen LogP contribution < -0.4 is 10.3 Å². The van der Waals surface area contributed by atoms with E-state index in [1.807, 2.05) is 0 Å². The molecule has 0 amide bonds. The molecule has 0 spiro atoms. The minimum absolute atomic E-state index is 0.0144. The minimum atomic E-state index is -1.16.